The Labute approximate surface area is 190 Å². The summed E-state index contributed by atoms with van der Waals surface area (Å²) in [6.07, 6.45) is -0.545. The Hall–Kier alpha value is -2.94. The van der Waals surface area contributed by atoms with Gasteiger partial charge in [0, 0.05) is 12.2 Å². The zero-order valence-electron chi connectivity index (χ0n) is 18.4. The highest BCUT2D eigenvalue weighted by atomic mass is 32.2. The fraction of sp³-hybridized carbons (Fsp3) is 0.348. The number of amides is 1. The molecule has 0 radical (unpaired) electrons. The molecule has 1 aromatic heterocycles. The van der Waals surface area contributed by atoms with E-state index in [1.54, 1.807) is 38.1 Å². The number of para-hydroxylation sites is 1. The largest absolute Gasteiger partial charge is 0.480 e. The average Bonchev–Trinajstić information content (AvgIpc) is 3.13. The van der Waals surface area contributed by atoms with E-state index in [0.29, 0.717) is 23.2 Å². The standard InChI is InChI=1S/C23H26F2N4O2S/c1-14(2)12-29-22(16(4)31-20-8-6-5-7-18(20)25)27-28-23(29)32-13-21(30)26-19-11-17(24)10-9-15(19)3/h5-11,14,16H,12-13H2,1-4H3,(H,26,30). The van der Waals surface area contributed by atoms with Gasteiger partial charge in [-0.05, 0) is 49.6 Å². The van der Waals surface area contributed by atoms with Crippen LogP contribution in [0.1, 0.15) is 38.3 Å². The number of hydrogen-bond donors (Lipinski definition) is 1. The van der Waals surface area contributed by atoms with Crippen LogP contribution in [0.2, 0.25) is 0 Å². The molecule has 1 N–H and O–H groups in total. The molecule has 0 saturated heterocycles. The van der Waals surface area contributed by atoms with Gasteiger partial charge >= 0.3 is 0 Å². The number of aromatic nitrogens is 3. The molecule has 0 aliphatic heterocycles. The molecule has 1 unspecified atom stereocenters. The lowest BCUT2D eigenvalue weighted by Crippen LogP contribution is -2.17. The van der Waals surface area contributed by atoms with Crippen LogP contribution in [0.4, 0.5) is 14.5 Å². The number of carbonyl (C=O) groups is 1. The monoisotopic (exact) mass is 460 g/mol. The SMILES string of the molecule is Cc1ccc(F)cc1NC(=O)CSc1nnc(C(C)Oc2ccccc2F)n1CC(C)C. The Kier molecular flexibility index (Phi) is 7.84. The number of hydrogen-bond acceptors (Lipinski definition) is 5. The van der Waals surface area contributed by atoms with E-state index in [4.69, 9.17) is 4.74 Å². The normalized spacial score (nSPS) is 12.1. The van der Waals surface area contributed by atoms with E-state index in [-0.39, 0.29) is 23.3 Å². The average molecular weight is 461 g/mol. The Bertz CT molecular complexity index is 1090. The minimum Gasteiger partial charge on any atom is -0.480 e. The molecule has 1 amide bonds. The first-order valence-corrected chi connectivity index (χ1v) is 11.3. The molecule has 2 aromatic carbocycles. The molecular weight excluding hydrogens is 434 g/mol. The number of nitrogens with one attached hydrogen (secondary N) is 1. The zero-order valence-corrected chi connectivity index (χ0v) is 19.2. The molecule has 3 aromatic rings. The molecular formula is C23H26F2N4O2S. The molecule has 0 fully saturated rings. The van der Waals surface area contributed by atoms with Gasteiger partial charge in [0.25, 0.3) is 0 Å². The second-order valence-electron chi connectivity index (χ2n) is 7.83. The summed E-state index contributed by atoms with van der Waals surface area (Å²) in [5.41, 5.74) is 1.21. The maximum Gasteiger partial charge on any atom is 0.234 e. The highest BCUT2D eigenvalue weighted by Gasteiger charge is 2.22. The minimum atomic E-state index is -0.545. The van der Waals surface area contributed by atoms with Gasteiger partial charge in [0.2, 0.25) is 5.91 Å². The number of aryl methyl sites for hydroxylation is 1. The fourth-order valence-corrected chi connectivity index (χ4v) is 3.83. The molecule has 0 aliphatic rings. The van der Waals surface area contributed by atoms with E-state index in [1.807, 2.05) is 4.57 Å². The maximum absolute atomic E-state index is 14.0. The molecule has 0 aliphatic carbocycles. The predicted octanol–water partition coefficient (Wildman–Crippen LogP) is 5.39. The molecule has 1 atom stereocenters. The topological polar surface area (TPSA) is 69.0 Å². The van der Waals surface area contributed by atoms with Crippen molar-refractivity contribution >= 4 is 23.4 Å². The lowest BCUT2D eigenvalue weighted by molar-refractivity contribution is -0.113. The van der Waals surface area contributed by atoms with Crippen LogP contribution in [0.15, 0.2) is 47.6 Å². The van der Waals surface area contributed by atoms with Crippen molar-refractivity contribution in [2.24, 2.45) is 5.92 Å². The Morgan fingerprint density at radius 3 is 2.62 bits per heavy atom. The Morgan fingerprint density at radius 1 is 1.16 bits per heavy atom. The first kappa shape index (κ1) is 23.7. The van der Waals surface area contributed by atoms with E-state index >= 15 is 0 Å². The second-order valence-corrected chi connectivity index (χ2v) is 8.77. The van der Waals surface area contributed by atoms with Crippen molar-refractivity contribution in [3.05, 3.63) is 65.5 Å². The number of halogens is 2. The number of rotatable bonds is 9. The molecule has 3 rings (SSSR count). The van der Waals surface area contributed by atoms with Crippen LogP contribution in [-0.2, 0) is 11.3 Å². The molecule has 1 heterocycles. The summed E-state index contributed by atoms with van der Waals surface area (Å²) in [5, 5.41) is 11.8. The second kappa shape index (κ2) is 10.6. The van der Waals surface area contributed by atoms with Gasteiger partial charge in [0.15, 0.2) is 28.7 Å². The van der Waals surface area contributed by atoms with E-state index < -0.39 is 17.7 Å². The molecule has 32 heavy (non-hydrogen) atoms. The molecule has 0 bridgehead atoms. The van der Waals surface area contributed by atoms with E-state index in [0.717, 1.165) is 5.56 Å². The van der Waals surface area contributed by atoms with Gasteiger partial charge in [-0.15, -0.1) is 10.2 Å². The fourth-order valence-electron chi connectivity index (χ4n) is 3.07. The van der Waals surface area contributed by atoms with Crippen molar-refractivity contribution in [1.82, 2.24) is 14.8 Å². The molecule has 0 saturated carbocycles. The number of nitrogens with zero attached hydrogens (tertiary/aromatic N) is 3. The van der Waals surface area contributed by atoms with Crippen LogP contribution in [0.25, 0.3) is 0 Å². The van der Waals surface area contributed by atoms with Gasteiger partial charge in [0.1, 0.15) is 5.82 Å². The van der Waals surface area contributed by atoms with Gasteiger partial charge in [-0.25, -0.2) is 8.78 Å². The Balaban J connectivity index is 1.72. The first-order chi connectivity index (χ1) is 15.2. The number of benzene rings is 2. The number of ether oxygens (including phenoxy) is 1. The minimum absolute atomic E-state index is 0.0781. The number of thioether (sulfide) groups is 1. The third-order valence-corrected chi connectivity index (χ3v) is 5.57. The number of carbonyl (C=O) groups excluding carboxylic acids is 1. The van der Waals surface area contributed by atoms with Crippen LogP contribution < -0.4 is 10.1 Å². The van der Waals surface area contributed by atoms with Crippen LogP contribution in [0, 0.1) is 24.5 Å². The van der Waals surface area contributed by atoms with Crippen LogP contribution >= 0.6 is 11.8 Å². The summed E-state index contributed by atoms with van der Waals surface area (Å²) < 4.78 is 35.1. The van der Waals surface area contributed by atoms with Gasteiger partial charge < -0.3 is 14.6 Å². The van der Waals surface area contributed by atoms with Crippen molar-refractivity contribution < 1.29 is 18.3 Å². The lowest BCUT2D eigenvalue weighted by atomic mass is 10.2. The van der Waals surface area contributed by atoms with Gasteiger partial charge in [-0.2, -0.15) is 0 Å². The Morgan fingerprint density at radius 2 is 1.91 bits per heavy atom. The van der Waals surface area contributed by atoms with Crippen molar-refractivity contribution in [3.8, 4) is 5.75 Å². The van der Waals surface area contributed by atoms with Crippen LogP contribution in [0.3, 0.4) is 0 Å². The highest BCUT2D eigenvalue weighted by Crippen LogP contribution is 2.27. The van der Waals surface area contributed by atoms with Crippen LogP contribution in [-0.4, -0.2) is 26.4 Å². The highest BCUT2D eigenvalue weighted by molar-refractivity contribution is 7.99. The smallest absolute Gasteiger partial charge is 0.234 e. The van der Waals surface area contributed by atoms with E-state index in [1.165, 1.54) is 30.0 Å². The van der Waals surface area contributed by atoms with Gasteiger partial charge in [0.05, 0.1) is 5.75 Å². The van der Waals surface area contributed by atoms with E-state index in [2.05, 4.69) is 29.4 Å². The summed E-state index contributed by atoms with van der Waals surface area (Å²) in [6, 6.07) is 10.4. The van der Waals surface area contributed by atoms with Crippen LogP contribution in [0.5, 0.6) is 5.75 Å². The first-order valence-electron chi connectivity index (χ1n) is 10.3. The summed E-state index contributed by atoms with van der Waals surface area (Å²) in [7, 11) is 0. The summed E-state index contributed by atoms with van der Waals surface area (Å²) >= 11 is 1.23. The molecule has 6 nitrogen and oxygen atoms in total. The summed E-state index contributed by atoms with van der Waals surface area (Å²) in [6.45, 7) is 8.30. The summed E-state index contributed by atoms with van der Waals surface area (Å²) in [4.78, 5) is 12.4. The molecule has 0 spiro atoms. The number of anilines is 1. The van der Waals surface area contributed by atoms with Crippen molar-refractivity contribution in [3.63, 3.8) is 0 Å². The molecule has 9 heteroatoms. The predicted molar refractivity (Wildman–Crippen MR) is 121 cm³/mol. The summed E-state index contributed by atoms with van der Waals surface area (Å²) in [5.74, 6) is -0.0937. The van der Waals surface area contributed by atoms with Crippen molar-refractivity contribution in [2.45, 2.75) is 45.5 Å². The van der Waals surface area contributed by atoms with Crippen molar-refractivity contribution in [1.29, 1.82) is 0 Å². The van der Waals surface area contributed by atoms with Gasteiger partial charge in [-0.3, -0.25) is 4.79 Å². The third kappa shape index (κ3) is 6.06. The quantitative estimate of drug-likeness (QED) is 0.434. The zero-order chi connectivity index (χ0) is 23.3. The van der Waals surface area contributed by atoms with E-state index in [9.17, 15) is 13.6 Å². The molecule has 170 valence electrons. The lowest BCUT2D eigenvalue weighted by Gasteiger charge is -2.18. The van der Waals surface area contributed by atoms with Gasteiger partial charge in [-0.1, -0.05) is 43.8 Å². The third-order valence-electron chi connectivity index (χ3n) is 4.60. The maximum atomic E-state index is 14.0. The van der Waals surface area contributed by atoms with Crippen molar-refractivity contribution in [2.75, 3.05) is 11.1 Å².